The first-order valence-electron chi connectivity index (χ1n) is 4.19. The quantitative estimate of drug-likeness (QED) is 0.451. The summed E-state index contributed by atoms with van der Waals surface area (Å²) in [5.41, 5.74) is 0. The van der Waals surface area contributed by atoms with E-state index in [1.807, 2.05) is 6.92 Å². The van der Waals surface area contributed by atoms with E-state index in [9.17, 15) is 0 Å². The summed E-state index contributed by atoms with van der Waals surface area (Å²) in [6, 6.07) is 0. The van der Waals surface area contributed by atoms with Gasteiger partial charge in [-0.15, -0.1) is 0 Å². The average Bonchev–Trinajstić information content (AvgIpc) is 2.03. The van der Waals surface area contributed by atoms with Gasteiger partial charge in [0.2, 0.25) is 0 Å². The summed E-state index contributed by atoms with van der Waals surface area (Å²) in [4.78, 5) is 0. The lowest BCUT2D eigenvalue weighted by molar-refractivity contribution is -0.160. The summed E-state index contributed by atoms with van der Waals surface area (Å²) in [6.45, 7) is 5.17. The normalized spacial score (nSPS) is 13.4. The van der Waals surface area contributed by atoms with Gasteiger partial charge in [0, 0.05) is 13.2 Å². The highest BCUT2D eigenvalue weighted by atomic mass is 16.7. The van der Waals surface area contributed by atoms with Crippen LogP contribution in [0.2, 0.25) is 0 Å². The van der Waals surface area contributed by atoms with Crippen molar-refractivity contribution < 1.29 is 14.6 Å². The van der Waals surface area contributed by atoms with Crippen LogP contribution in [0.15, 0.2) is 0 Å². The van der Waals surface area contributed by atoms with Crippen LogP contribution in [0.25, 0.3) is 0 Å². The molecule has 0 aliphatic carbocycles. The van der Waals surface area contributed by atoms with Crippen LogP contribution in [0.1, 0.15) is 26.7 Å². The predicted molar refractivity (Wildman–Crippen MR) is 43.4 cm³/mol. The molecule has 1 N–H and O–H groups in total. The third-order valence-electron chi connectivity index (χ3n) is 1.30. The van der Waals surface area contributed by atoms with Crippen LogP contribution in [0, 0.1) is 0 Å². The Morgan fingerprint density at radius 3 is 2.45 bits per heavy atom. The highest BCUT2D eigenvalue weighted by Gasteiger charge is 2.04. The van der Waals surface area contributed by atoms with Crippen LogP contribution in [-0.4, -0.2) is 31.2 Å². The monoisotopic (exact) mass is 162 g/mol. The van der Waals surface area contributed by atoms with Gasteiger partial charge in [0.25, 0.3) is 0 Å². The molecule has 0 aromatic heterocycles. The van der Waals surface area contributed by atoms with E-state index in [1.165, 1.54) is 0 Å². The molecule has 11 heavy (non-hydrogen) atoms. The number of hydrogen-bond acceptors (Lipinski definition) is 3. The molecule has 0 aliphatic heterocycles. The lowest BCUT2D eigenvalue weighted by Crippen LogP contribution is -2.21. The zero-order chi connectivity index (χ0) is 8.53. The number of unbranched alkanes of at least 4 members (excludes halogenated alkanes) is 1. The maximum absolute atomic E-state index is 8.71. The molecule has 0 spiro atoms. The largest absolute Gasteiger partial charge is 0.391 e. The zero-order valence-corrected chi connectivity index (χ0v) is 7.38. The maximum atomic E-state index is 8.71. The predicted octanol–water partition coefficient (Wildman–Crippen LogP) is 1.16. The summed E-state index contributed by atoms with van der Waals surface area (Å²) in [5, 5.41) is 8.71. The van der Waals surface area contributed by atoms with Crippen molar-refractivity contribution in [3.63, 3.8) is 0 Å². The first-order valence-corrected chi connectivity index (χ1v) is 4.19. The van der Waals surface area contributed by atoms with Crippen molar-refractivity contribution in [3.05, 3.63) is 0 Å². The molecule has 0 aliphatic rings. The minimum absolute atomic E-state index is 0.0580. The second-order valence-electron chi connectivity index (χ2n) is 2.29. The molecule has 1 unspecified atom stereocenters. The van der Waals surface area contributed by atoms with Crippen LogP contribution >= 0.6 is 0 Å². The number of aliphatic hydroxyl groups excluding tert-OH is 1. The van der Waals surface area contributed by atoms with Gasteiger partial charge in [0.05, 0.1) is 6.61 Å². The van der Waals surface area contributed by atoms with Crippen molar-refractivity contribution in [3.8, 4) is 0 Å². The van der Waals surface area contributed by atoms with E-state index >= 15 is 0 Å². The first-order chi connectivity index (χ1) is 5.35. The molecule has 3 nitrogen and oxygen atoms in total. The van der Waals surface area contributed by atoms with E-state index in [2.05, 4.69) is 6.92 Å². The van der Waals surface area contributed by atoms with Crippen molar-refractivity contribution in [2.24, 2.45) is 0 Å². The van der Waals surface area contributed by atoms with Gasteiger partial charge in [-0.05, 0) is 13.3 Å². The van der Waals surface area contributed by atoms with E-state index in [-0.39, 0.29) is 6.61 Å². The first kappa shape index (κ1) is 10.9. The van der Waals surface area contributed by atoms with Crippen molar-refractivity contribution in [1.82, 2.24) is 0 Å². The van der Waals surface area contributed by atoms with E-state index in [1.54, 1.807) is 0 Å². The van der Waals surface area contributed by atoms with Crippen LogP contribution < -0.4 is 0 Å². The van der Waals surface area contributed by atoms with Gasteiger partial charge in [0.15, 0.2) is 6.29 Å². The van der Waals surface area contributed by atoms with E-state index in [0.29, 0.717) is 13.2 Å². The molecule has 0 amide bonds. The SMILES string of the molecule is CCCCOC(CO)OCC. The van der Waals surface area contributed by atoms with Gasteiger partial charge in [-0.25, -0.2) is 0 Å². The van der Waals surface area contributed by atoms with E-state index in [0.717, 1.165) is 12.8 Å². The molecule has 0 aromatic rings. The van der Waals surface area contributed by atoms with Crippen molar-refractivity contribution in [2.45, 2.75) is 33.0 Å². The maximum Gasteiger partial charge on any atom is 0.180 e. The Kier molecular flexibility index (Phi) is 7.89. The number of aliphatic hydroxyl groups is 1. The van der Waals surface area contributed by atoms with Crippen LogP contribution in [-0.2, 0) is 9.47 Å². The Morgan fingerprint density at radius 1 is 1.27 bits per heavy atom. The molecule has 0 bridgehead atoms. The lowest BCUT2D eigenvalue weighted by Gasteiger charge is -2.14. The Bertz CT molecular complexity index is 75.7. The van der Waals surface area contributed by atoms with Crippen molar-refractivity contribution >= 4 is 0 Å². The molecule has 1 atom stereocenters. The fourth-order valence-corrected chi connectivity index (χ4v) is 0.699. The van der Waals surface area contributed by atoms with Gasteiger partial charge in [-0.3, -0.25) is 0 Å². The summed E-state index contributed by atoms with van der Waals surface area (Å²) in [7, 11) is 0. The van der Waals surface area contributed by atoms with Crippen molar-refractivity contribution in [1.29, 1.82) is 0 Å². The standard InChI is InChI=1S/C8H18O3/c1-3-5-6-11-8(7-9)10-4-2/h8-9H,3-7H2,1-2H3. The highest BCUT2D eigenvalue weighted by molar-refractivity contribution is 4.39. The molecule has 0 saturated carbocycles. The smallest absolute Gasteiger partial charge is 0.180 e. The third kappa shape index (κ3) is 6.28. The molecule has 68 valence electrons. The minimum Gasteiger partial charge on any atom is -0.391 e. The third-order valence-corrected chi connectivity index (χ3v) is 1.30. The number of hydrogen-bond donors (Lipinski definition) is 1. The summed E-state index contributed by atoms with van der Waals surface area (Å²) in [6.07, 6.45) is 1.69. The van der Waals surface area contributed by atoms with Gasteiger partial charge >= 0.3 is 0 Å². The molecular weight excluding hydrogens is 144 g/mol. The highest BCUT2D eigenvalue weighted by Crippen LogP contribution is 1.96. The van der Waals surface area contributed by atoms with Crippen molar-refractivity contribution in [2.75, 3.05) is 19.8 Å². The fraction of sp³-hybridized carbons (Fsp3) is 1.00. The summed E-state index contributed by atoms with van der Waals surface area (Å²) in [5.74, 6) is 0. The minimum atomic E-state index is -0.424. The number of ether oxygens (including phenoxy) is 2. The molecule has 0 rings (SSSR count). The topological polar surface area (TPSA) is 38.7 Å². The fourth-order valence-electron chi connectivity index (χ4n) is 0.699. The van der Waals surface area contributed by atoms with Gasteiger partial charge in [-0.2, -0.15) is 0 Å². The van der Waals surface area contributed by atoms with Crippen LogP contribution in [0.4, 0.5) is 0 Å². The Balaban J connectivity index is 3.20. The van der Waals surface area contributed by atoms with Crippen LogP contribution in [0.3, 0.4) is 0 Å². The molecule has 0 saturated heterocycles. The zero-order valence-electron chi connectivity index (χ0n) is 7.38. The molecule has 0 aromatic carbocycles. The van der Waals surface area contributed by atoms with Gasteiger partial charge < -0.3 is 14.6 Å². The molecular formula is C8H18O3. The summed E-state index contributed by atoms with van der Waals surface area (Å²) >= 11 is 0. The molecule has 0 radical (unpaired) electrons. The molecule has 3 heteroatoms. The van der Waals surface area contributed by atoms with E-state index in [4.69, 9.17) is 14.6 Å². The average molecular weight is 162 g/mol. The second kappa shape index (κ2) is 7.98. The van der Waals surface area contributed by atoms with Gasteiger partial charge in [-0.1, -0.05) is 13.3 Å². The van der Waals surface area contributed by atoms with Gasteiger partial charge in [0.1, 0.15) is 0 Å². The number of rotatable bonds is 7. The molecule has 0 fully saturated rings. The lowest BCUT2D eigenvalue weighted by atomic mass is 10.4. The van der Waals surface area contributed by atoms with E-state index < -0.39 is 6.29 Å². The second-order valence-corrected chi connectivity index (χ2v) is 2.29. The summed E-state index contributed by atoms with van der Waals surface area (Å²) < 4.78 is 10.3. The Hall–Kier alpha value is -0.120. The Morgan fingerprint density at radius 2 is 2.00 bits per heavy atom. The Labute approximate surface area is 68.3 Å². The molecule has 0 heterocycles. The van der Waals surface area contributed by atoms with Crippen LogP contribution in [0.5, 0.6) is 0 Å².